The summed E-state index contributed by atoms with van der Waals surface area (Å²) in [7, 11) is 0.822. The second-order valence-corrected chi connectivity index (χ2v) is 7.61. The van der Waals surface area contributed by atoms with Gasteiger partial charge in [-0.1, -0.05) is 0 Å². The van der Waals surface area contributed by atoms with E-state index in [-0.39, 0.29) is 22.4 Å². The van der Waals surface area contributed by atoms with E-state index in [0.717, 1.165) is 23.6 Å². The Kier molecular flexibility index (Phi) is 54.6. The monoisotopic (exact) mass is 429 g/mol. The number of rotatable bonds is 0. The average molecular weight is 426 g/mol. The Bertz CT molecular complexity index is 16.9. The minimum absolute atomic E-state index is 0. The summed E-state index contributed by atoms with van der Waals surface area (Å²) in [6.07, 6.45) is 0. The molecule has 0 fully saturated rings. The minimum Gasteiger partial charge on any atom is 0 e. The van der Waals surface area contributed by atoms with Crippen LogP contribution in [0.4, 0.5) is 0 Å². The van der Waals surface area contributed by atoms with Crippen LogP contribution in [0.1, 0.15) is 0 Å². The van der Waals surface area contributed by atoms with E-state index in [1.807, 2.05) is 23.6 Å². The Morgan fingerprint density at radius 2 is 1.71 bits per heavy atom. The van der Waals surface area contributed by atoms with Crippen LogP contribution in [0, 0.1) is 0 Å². The van der Waals surface area contributed by atoms with Gasteiger partial charge in [0.15, 0.2) is 0 Å². The summed E-state index contributed by atoms with van der Waals surface area (Å²) in [5.74, 6) is 2.01. The molecular formula is CH3Fe3MnMoNb. The van der Waals surface area contributed by atoms with Crippen LogP contribution in [-0.2, 0) is 92.1 Å². The molecule has 0 aromatic carbocycles. The van der Waals surface area contributed by atoms with Crippen LogP contribution in [0.25, 0.3) is 0 Å². The Balaban J connectivity index is -0.0000000400. The molecule has 0 aliphatic heterocycles. The van der Waals surface area contributed by atoms with E-state index in [2.05, 4.69) is 28.4 Å². The van der Waals surface area contributed by atoms with Gasteiger partial charge in [0.25, 0.3) is 0 Å². The standard InChI is InChI=1S/CH3.3Fe.Mn.Mo.Nb/h1H3;;;;;;. The summed E-state index contributed by atoms with van der Waals surface area (Å²) in [4.78, 5) is 0. The van der Waals surface area contributed by atoms with Crippen LogP contribution in [0.15, 0.2) is 0 Å². The maximum Gasteiger partial charge on any atom is 0 e. The van der Waals surface area contributed by atoms with Gasteiger partial charge in [0, 0.05) is 22.4 Å². The average Bonchev–Trinajstić information content (AvgIpc) is 1.39. The molecule has 0 bridgehead atoms. The van der Waals surface area contributed by atoms with Crippen LogP contribution in [-0.4, -0.2) is 0 Å². The molecule has 0 aromatic rings. The van der Waals surface area contributed by atoms with Crippen molar-refractivity contribution < 1.29 is 92.1 Å². The van der Waals surface area contributed by atoms with Crippen molar-refractivity contribution in [2.75, 3.05) is 0 Å². The predicted octanol–water partition coefficient (Wildman–Crippen LogP) is 0.569. The van der Waals surface area contributed by atoms with Crippen molar-refractivity contribution in [3.63, 3.8) is 0 Å². The summed E-state index contributed by atoms with van der Waals surface area (Å²) < 4.78 is 0. The largest absolute Gasteiger partial charge is 0 e. The van der Waals surface area contributed by atoms with Gasteiger partial charge in [-0.3, -0.25) is 0 Å². The smallest absolute Gasteiger partial charge is 0 e. The molecule has 49 valence electrons. The van der Waals surface area contributed by atoms with Crippen molar-refractivity contribution in [1.29, 1.82) is 0 Å². The quantitative estimate of drug-likeness (QED) is 0.497. The molecule has 0 aliphatic carbocycles. The molecule has 0 heterocycles. The fourth-order valence-corrected chi connectivity index (χ4v) is 0. The Morgan fingerprint density at radius 1 is 1.71 bits per heavy atom. The maximum atomic E-state index is 3.52. The third-order valence-corrected chi connectivity index (χ3v) is 0. The molecule has 0 nitrogen and oxygen atoms in total. The summed E-state index contributed by atoms with van der Waals surface area (Å²) in [5.41, 5.74) is 0. The number of hydrogen-bond acceptors (Lipinski definition) is 0. The first-order valence-electron chi connectivity index (χ1n) is 0.766. The van der Waals surface area contributed by atoms with E-state index >= 15 is 0 Å². The zero-order valence-electron chi connectivity index (χ0n) is 3.29. The molecule has 0 amide bonds. The Morgan fingerprint density at radius 3 is 1.71 bits per heavy atom. The molecular weight excluding hydrogens is 423 g/mol. The fourth-order valence-electron chi connectivity index (χ4n) is 0. The van der Waals surface area contributed by atoms with Gasteiger partial charge in [-0.05, 0) is 0 Å². The van der Waals surface area contributed by atoms with Gasteiger partial charge in [-0.15, -0.1) is 0 Å². The van der Waals surface area contributed by atoms with Crippen LogP contribution >= 0.6 is 0 Å². The Labute approximate surface area is 95.9 Å². The molecule has 0 saturated carbocycles. The molecule has 0 N–H and O–H groups in total. The van der Waals surface area contributed by atoms with Crippen LogP contribution in [0.2, 0.25) is 5.82 Å². The van der Waals surface area contributed by atoms with Gasteiger partial charge in [0.1, 0.15) is 0 Å². The molecule has 0 aromatic heterocycles. The van der Waals surface area contributed by atoms with Crippen molar-refractivity contribution in [2.45, 2.75) is 5.82 Å². The fraction of sp³-hybridized carbons (Fsp3) is 1.00. The molecule has 6 heteroatoms. The maximum absolute atomic E-state index is 3.52. The van der Waals surface area contributed by atoms with Crippen LogP contribution in [0.5, 0.6) is 0 Å². The molecule has 0 aliphatic rings. The van der Waals surface area contributed by atoms with Gasteiger partial charge in [-0.2, -0.15) is 0 Å². The molecule has 7 heavy (non-hydrogen) atoms. The summed E-state index contributed by atoms with van der Waals surface area (Å²) in [6, 6.07) is 0. The normalized spacial score (nSPS) is 5.57. The van der Waals surface area contributed by atoms with Crippen molar-refractivity contribution in [3.05, 3.63) is 0 Å². The third kappa shape index (κ3) is 43.6. The van der Waals surface area contributed by atoms with Gasteiger partial charge in [0.05, 0.1) is 0 Å². The molecule has 0 atom stereocenters. The first-order chi connectivity index (χ1) is 2.83. The first-order valence-corrected chi connectivity index (χ1v) is 9.62. The Hall–Kier alpha value is 3.51. The van der Waals surface area contributed by atoms with Crippen molar-refractivity contribution in [2.24, 2.45) is 0 Å². The van der Waals surface area contributed by atoms with E-state index in [1.165, 1.54) is 0 Å². The molecule has 0 saturated heterocycles. The molecule has 0 spiro atoms. The molecule has 1 radical (unpaired) electrons. The zero-order chi connectivity index (χ0) is 5.41. The first kappa shape index (κ1) is 16.9. The second kappa shape index (κ2) is 22.7. The molecule has 0 unspecified atom stereocenters. The minimum atomic E-state index is 0. The van der Waals surface area contributed by atoms with Gasteiger partial charge in [0.2, 0.25) is 0 Å². The topological polar surface area (TPSA) is 0 Å². The molecule has 0 rings (SSSR count). The van der Waals surface area contributed by atoms with E-state index in [1.54, 1.807) is 0 Å². The van der Waals surface area contributed by atoms with Crippen LogP contribution < -0.4 is 0 Å². The summed E-state index contributed by atoms with van der Waals surface area (Å²) in [5, 5.41) is 0. The predicted molar refractivity (Wildman–Crippen MR) is 5.86 cm³/mol. The van der Waals surface area contributed by atoms with E-state index < -0.39 is 0 Å². The van der Waals surface area contributed by atoms with Crippen molar-refractivity contribution >= 4 is 0 Å². The van der Waals surface area contributed by atoms with Gasteiger partial charge in [-0.25, -0.2) is 0 Å². The van der Waals surface area contributed by atoms with E-state index in [0.29, 0.717) is 0 Å². The third-order valence-electron chi connectivity index (χ3n) is 0. The zero-order valence-corrected chi connectivity index (χ0v) is 12.0. The SMILES string of the molecule is [CH3][Fe][Fe].[Fe][Mn][Mo].[Nb]. The van der Waals surface area contributed by atoms with E-state index in [9.17, 15) is 0 Å². The van der Waals surface area contributed by atoms with Gasteiger partial charge >= 0.3 is 75.6 Å². The summed E-state index contributed by atoms with van der Waals surface area (Å²) in [6.45, 7) is 0. The van der Waals surface area contributed by atoms with Crippen LogP contribution in [0.3, 0.4) is 0 Å². The van der Waals surface area contributed by atoms with E-state index in [4.69, 9.17) is 0 Å². The number of hydrogen-bond donors (Lipinski definition) is 0. The van der Waals surface area contributed by atoms with Crippen molar-refractivity contribution in [3.8, 4) is 0 Å². The van der Waals surface area contributed by atoms with Gasteiger partial charge < -0.3 is 0 Å². The second-order valence-electron chi connectivity index (χ2n) is 0.180. The van der Waals surface area contributed by atoms with Crippen molar-refractivity contribution in [1.82, 2.24) is 0 Å². The summed E-state index contributed by atoms with van der Waals surface area (Å²) >= 11 is 10.00.